The molecule has 1 aliphatic rings. The van der Waals surface area contributed by atoms with Crippen LogP contribution in [0.1, 0.15) is 39.7 Å². The largest absolute Gasteiger partial charge is 0.371 e. The summed E-state index contributed by atoms with van der Waals surface area (Å²) in [5.74, 6) is 1.61. The lowest BCUT2D eigenvalue weighted by Crippen LogP contribution is -2.26. The van der Waals surface area contributed by atoms with Gasteiger partial charge >= 0.3 is 0 Å². The molecule has 0 amide bonds. The van der Waals surface area contributed by atoms with E-state index >= 15 is 0 Å². The average Bonchev–Trinajstić information content (AvgIpc) is 2.86. The smallest absolute Gasteiger partial charge is 0.0442 e. The summed E-state index contributed by atoms with van der Waals surface area (Å²) in [6, 6.07) is 2.68. The average molecular weight is 261 g/mol. The van der Waals surface area contributed by atoms with Crippen LogP contribution in [-0.2, 0) is 6.54 Å². The number of rotatable bonds is 5. The topological polar surface area (TPSA) is 28.2 Å². The van der Waals surface area contributed by atoms with Gasteiger partial charge in [0.1, 0.15) is 0 Å². The molecular formula is C16H27N3. The molecule has 19 heavy (non-hydrogen) atoms. The molecule has 2 heterocycles. The van der Waals surface area contributed by atoms with Crippen LogP contribution in [0, 0.1) is 11.8 Å². The Labute approximate surface area is 117 Å². The van der Waals surface area contributed by atoms with Crippen LogP contribution in [0.4, 0.5) is 5.69 Å². The minimum atomic E-state index is 0.509. The maximum atomic E-state index is 4.28. The Bertz CT molecular complexity index is 401. The number of nitrogens with zero attached hydrogens (tertiary/aromatic N) is 2. The molecule has 2 rings (SSSR count). The molecule has 1 aliphatic heterocycles. The fraction of sp³-hybridized carbons (Fsp3) is 0.688. The Kier molecular flexibility index (Phi) is 4.81. The maximum Gasteiger partial charge on any atom is 0.0442 e. The quantitative estimate of drug-likeness (QED) is 0.883. The first-order valence-electron chi connectivity index (χ1n) is 7.49. The third-order valence-electron chi connectivity index (χ3n) is 4.09. The zero-order valence-corrected chi connectivity index (χ0v) is 12.7. The number of anilines is 1. The van der Waals surface area contributed by atoms with E-state index in [0.29, 0.717) is 6.04 Å². The summed E-state index contributed by atoms with van der Waals surface area (Å²) in [6.07, 6.45) is 5.24. The summed E-state index contributed by atoms with van der Waals surface area (Å²) in [5.41, 5.74) is 2.69. The lowest BCUT2D eigenvalue weighted by atomic mass is 9.95. The van der Waals surface area contributed by atoms with E-state index in [4.69, 9.17) is 0 Å². The van der Waals surface area contributed by atoms with Crippen LogP contribution in [0.2, 0.25) is 0 Å². The highest BCUT2D eigenvalue weighted by atomic mass is 15.2. The third-order valence-corrected chi connectivity index (χ3v) is 4.09. The Balaban J connectivity index is 2.07. The van der Waals surface area contributed by atoms with Crippen molar-refractivity contribution in [2.45, 2.75) is 46.7 Å². The molecule has 1 atom stereocenters. The van der Waals surface area contributed by atoms with Crippen LogP contribution >= 0.6 is 0 Å². The van der Waals surface area contributed by atoms with Crippen LogP contribution in [0.25, 0.3) is 0 Å². The predicted octanol–water partition coefficient (Wildman–Crippen LogP) is 3.06. The Morgan fingerprint density at radius 1 is 1.37 bits per heavy atom. The molecule has 0 radical (unpaired) electrons. The van der Waals surface area contributed by atoms with E-state index in [2.05, 4.69) is 49.0 Å². The van der Waals surface area contributed by atoms with Crippen molar-refractivity contribution in [3.8, 4) is 0 Å². The van der Waals surface area contributed by atoms with Crippen molar-refractivity contribution < 1.29 is 0 Å². The van der Waals surface area contributed by atoms with Gasteiger partial charge in [-0.05, 0) is 24.3 Å². The lowest BCUT2D eigenvalue weighted by Gasteiger charge is -2.23. The van der Waals surface area contributed by atoms with Crippen LogP contribution in [0.5, 0.6) is 0 Å². The summed E-state index contributed by atoms with van der Waals surface area (Å²) < 4.78 is 0. The first kappa shape index (κ1) is 14.3. The molecular weight excluding hydrogens is 234 g/mol. The Morgan fingerprint density at radius 3 is 2.79 bits per heavy atom. The van der Waals surface area contributed by atoms with Crippen molar-refractivity contribution >= 4 is 5.69 Å². The van der Waals surface area contributed by atoms with E-state index < -0.39 is 0 Å². The monoisotopic (exact) mass is 261 g/mol. The summed E-state index contributed by atoms with van der Waals surface area (Å²) in [7, 11) is 0. The van der Waals surface area contributed by atoms with Gasteiger partial charge in [0.25, 0.3) is 0 Å². The summed E-state index contributed by atoms with van der Waals surface area (Å²) in [5, 5.41) is 3.49. The molecule has 0 bridgehead atoms. The minimum Gasteiger partial charge on any atom is -0.371 e. The molecule has 1 fully saturated rings. The molecule has 0 aliphatic carbocycles. The van der Waals surface area contributed by atoms with Crippen molar-refractivity contribution in [1.82, 2.24) is 10.3 Å². The van der Waals surface area contributed by atoms with Gasteiger partial charge in [-0.15, -0.1) is 0 Å². The summed E-state index contributed by atoms with van der Waals surface area (Å²) in [4.78, 5) is 6.81. The SMILES string of the molecule is CC(C)NCc1cnccc1N1CCC(C(C)C)C1. The van der Waals surface area contributed by atoms with Crippen molar-refractivity contribution in [2.75, 3.05) is 18.0 Å². The van der Waals surface area contributed by atoms with E-state index in [1.165, 1.54) is 30.8 Å². The zero-order chi connectivity index (χ0) is 13.8. The first-order chi connectivity index (χ1) is 9.08. The second-order valence-corrected chi connectivity index (χ2v) is 6.28. The molecule has 1 N–H and O–H groups in total. The number of hydrogen-bond acceptors (Lipinski definition) is 3. The van der Waals surface area contributed by atoms with Crippen molar-refractivity contribution in [2.24, 2.45) is 11.8 Å². The van der Waals surface area contributed by atoms with Gasteiger partial charge in [0.05, 0.1) is 0 Å². The molecule has 106 valence electrons. The number of pyridine rings is 1. The van der Waals surface area contributed by atoms with Gasteiger partial charge in [-0.2, -0.15) is 0 Å². The van der Waals surface area contributed by atoms with Crippen molar-refractivity contribution in [1.29, 1.82) is 0 Å². The Hall–Kier alpha value is -1.09. The van der Waals surface area contributed by atoms with E-state index in [1.807, 2.05) is 12.4 Å². The van der Waals surface area contributed by atoms with Gasteiger partial charge in [0.15, 0.2) is 0 Å². The Morgan fingerprint density at radius 2 is 2.16 bits per heavy atom. The molecule has 0 saturated carbocycles. The van der Waals surface area contributed by atoms with Crippen LogP contribution < -0.4 is 10.2 Å². The second kappa shape index (κ2) is 6.38. The summed E-state index contributed by atoms with van der Waals surface area (Å²) in [6.45, 7) is 12.3. The molecule has 1 aromatic rings. The highest BCUT2D eigenvalue weighted by Gasteiger charge is 2.26. The molecule has 3 nitrogen and oxygen atoms in total. The second-order valence-electron chi connectivity index (χ2n) is 6.28. The van der Waals surface area contributed by atoms with Gasteiger partial charge in [-0.1, -0.05) is 27.7 Å². The molecule has 3 heteroatoms. The summed E-state index contributed by atoms with van der Waals surface area (Å²) >= 11 is 0. The molecule has 1 unspecified atom stereocenters. The van der Waals surface area contributed by atoms with Crippen LogP contribution in [0.15, 0.2) is 18.5 Å². The fourth-order valence-electron chi connectivity index (χ4n) is 2.73. The highest BCUT2D eigenvalue weighted by Crippen LogP contribution is 2.29. The van der Waals surface area contributed by atoms with Crippen molar-refractivity contribution in [3.05, 3.63) is 24.0 Å². The van der Waals surface area contributed by atoms with E-state index in [-0.39, 0.29) is 0 Å². The van der Waals surface area contributed by atoms with Crippen molar-refractivity contribution in [3.63, 3.8) is 0 Å². The van der Waals surface area contributed by atoms with Gasteiger partial charge in [0, 0.05) is 49.3 Å². The number of hydrogen-bond donors (Lipinski definition) is 1. The maximum absolute atomic E-state index is 4.28. The van der Waals surface area contributed by atoms with E-state index in [0.717, 1.165) is 18.4 Å². The van der Waals surface area contributed by atoms with Gasteiger partial charge in [0.2, 0.25) is 0 Å². The fourth-order valence-corrected chi connectivity index (χ4v) is 2.73. The first-order valence-corrected chi connectivity index (χ1v) is 7.49. The number of aromatic nitrogens is 1. The molecule has 1 saturated heterocycles. The number of nitrogens with one attached hydrogen (secondary N) is 1. The van der Waals surface area contributed by atoms with Gasteiger partial charge in [-0.3, -0.25) is 4.98 Å². The lowest BCUT2D eigenvalue weighted by molar-refractivity contribution is 0.422. The molecule has 1 aromatic heterocycles. The van der Waals surface area contributed by atoms with E-state index in [9.17, 15) is 0 Å². The minimum absolute atomic E-state index is 0.509. The van der Waals surface area contributed by atoms with Gasteiger partial charge < -0.3 is 10.2 Å². The van der Waals surface area contributed by atoms with Gasteiger partial charge in [-0.25, -0.2) is 0 Å². The molecule has 0 aromatic carbocycles. The third kappa shape index (κ3) is 3.69. The van der Waals surface area contributed by atoms with Crippen LogP contribution in [0.3, 0.4) is 0 Å². The van der Waals surface area contributed by atoms with E-state index in [1.54, 1.807) is 0 Å². The molecule has 0 spiro atoms. The normalized spacial score (nSPS) is 19.7. The van der Waals surface area contributed by atoms with Crippen LogP contribution in [-0.4, -0.2) is 24.1 Å². The zero-order valence-electron chi connectivity index (χ0n) is 12.7. The predicted molar refractivity (Wildman–Crippen MR) is 81.4 cm³/mol. The standard InChI is InChI=1S/C16H27N3/c1-12(2)14-6-8-19(11-14)16-5-7-17-9-15(16)10-18-13(3)4/h5,7,9,12-14,18H,6,8,10-11H2,1-4H3. The highest BCUT2D eigenvalue weighted by molar-refractivity contribution is 5.53.